The first kappa shape index (κ1) is 16.2. The van der Waals surface area contributed by atoms with Crippen molar-refractivity contribution >= 4 is 39.1 Å². The molecule has 0 amide bonds. The average molecular weight is 374 g/mol. The van der Waals surface area contributed by atoms with Crippen LogP contribution in [0.1, 0.15) is 24.2 Å². The molecular weight excluding hydrogens is 358 g/mol. The number of benzene rings is 2. The number of nitrogens with zero attached hydrogens (tertiary/aromatic N) is 3. The third-order valence-corrected chi connectivity index (χ3v) is 5.07. The Kier molecular flexibility index (Phi) is 3.80. The Hall–Kier alpha value is -2.98. The van der Waals surface area contributed by atoms with Crippen molar-refractivity contribution in [3.05, 3.63) is 71.3 Å². The maximum atomic E-state index is 6.22. The molecule has 2 aromatic carbocycles. The Morgan fingerprint density at radius 2 is 1.78 bits per heavy atom. The van der Waals surface area contributed by atoms with E-state index in [-0.39, 0.29) is 5.28 Å². The van der Waals surface area contributed by atoms with E-state index in [1.165, 1.54) is 0 Å². The molecule has 0 aliphatic heterocycles. The molecule has 4 nitrogen and oxygen atoms in total. The minimum Gasteiger partial charge on any atom is -0.456 e. The van der Waals surface area contributed by atoms with Gasteiger partial charge in [-0.25, -0.2) is 4.98 Å². The second-order valence-electron chi connectivity index (χ2n) is 6.60. The standard InChI is InChI=1S/C22H16ClN3O/c1-13-15(11-12-17-16-9-5-6-10-18(16)27-19(13)17)21-24-20(25-22(23)26-21)14-7-3-2-4-8-14/h3,5-12H,2,4H2,1H3. The topological polar surface area (TPSA) is 51.8 Å². The zero-order chi connectivity index (χ0) is 18.4. The molecule has 0 fully saturated rings. The Morgan fingerprint density at radius 1 is 0.926 bits per heavy atom. The Bertz CT molecular complexity index is 1250. The first-order valence-corrected chi connectivity index (χ1v) is 9.28. The van der Waals surface area contributed by atoms with Crippen LogP contribution in [0.3, 0.4) is 0 Å². The van der Waals surface area contributed by atoms with Crippen LogP contribution < -0.4 is 0 Å². The van der Waals surface area contributed by atoms with Gasteiger partial charge in [0.1, 0.15) is 11.2 Å². The monoisotopic (exact) mass is 373 g/mol. The molecule has 5 heteroatoms. The van der Waals surface area contributed by atoms with Gasteiger partial charge in [0.2, 0.25) is 5.28 Å². The maximum Gasteiger partial charge on any atom is 0.226 e. The molecule has 2 aromatic heterocycles. The lowest BCUT2D eigenvalue weighted by Gasteiger charge is -2.09. The van der Waals surface area contributed by atoms with Crippen LogP contribution in [-0.4, -0.2) is 15.0 Å². The van der Waals surface area contributed by atoms with Gasteiger partial charge >= 0.3 is 0 Å². The van der Waals surface area contributed by atoms with E-state index in [0.29, 0.717) is 11.6 Å². The molecule has 0 spiro atoms. The lowest BCUT2D eigenvalue weighted by molar-refractivity contribution is 0.666. The molecule has 0 atom stereocenters. The number of hydrogen-bond acceptors (Lipinski definition) is 4. The number of halogens is 1. The molecule has 2 heterocycles. The molecule has 0 saturated carbocycles. The van der Waals surface area contributed by atoms with Crippen molar-refractivity contribution < 1.29 is 4.42 Å². The van der Waals surface area contributed by atoms with E-state index >= 15 is 0 Å². The van der Waals surface area contributed by atoms with E-state index in [1.54, 1.807) is 0 Å². The minimum atomic E-state index is 0.193. The summed E-state index contributed by atoms with van der Waals surface area (Å²) in [5.74, 6) is 1.16. The van der Waals surface area contributed by atoms with Crippen molar-refractivity contribution in [1.82, 2.24) is 15.0 Å². The van der Waals surface area contributed by atoms with Crippen molar-refractivity contribution in [2.24, 2.45) is 0 Å². The highest BCUT2D eigenvalue weighted by atomic mass is 35.5. The van der Waals surface area contributed by atoms with Crippen molar-refractivity contribution in [3.63, 3.8) is 0 Å². The summed E-state index contributed by atoms with van der Waals surface area (Å²) in [7, 11) is 0. The van der Waals surface area contributed by atoms with E-state index in [2.05, 4.69) is 39.2 Å². The van der Waals surface area contributed by atoms with E-state index in [4.69, 9.17) is 16.0 Å². The van der Waals surface area contributed by atoms with Gasteiger partial charge in [0.15, 0.2) is 11.6 Å². The van der Waals surface area contributed by atoms with Crippen LogP contribution in [0.2, 0.25) is 5.28 Å². The summed E-state index contributed by atoms with van der Waals surface area (Å²) in [6.07, 6.45) is 8.31. The summed E-state index contributed by atoms with van der Waals surface area (Å²) in [5, 5.41) is 2.39. The normalized spacial score (nSPS) is 14.1. The fraction of sp³-hybridized carbons (Fsp3) is 0.136. The van der Waals surface area contributed by atoms with E-state index in [1.807, 2.05) is 37.3 Å². The third-order valence-electron chi connectivity index (χ3n) is 4.90. The summed E-state index contributed by atoms with van der Waals surface area (Å²) >= 11 is 6.22. The van der Waals surface area contributed by atoms with Gasteiger partial charge in [0.25, 0.3) is 0 Å². The Labute approximate surface area is 161 Å². The summed E-state index contributed by atoms with van der Waals surface area (Å²) in [5.41, 5.74) is 4.59. The smallest absolute Gasteiger partial charge is 0.226 e. The van der Waals surface area contributed by atoms with E-state index < -0.39 is 0 Å². The summed E-state index contributed by atoms with van der Waals surface area (Å²) < 4.78 is 6.10. The molecule has 5 rings (SSSR count). The van der Waals surface area contributed by atoms with Crippen molar-refractivity contribution in [2.45, 2.75) is 19.8 Å². The van der Waals surface area contributed by atoms with Crippen LogP contribution in [-0.2, 0) is 0 Å². The molecule has 0 N–H and O–H groups in total. The van der Waals surface area contributed by atoms with Crippen molar-refractivity contribution in [1.29, 1.82) is 0 Å². The average Bonchev–Trinajstić information content (AvgIpc) is 3.08. The Balaban J connectivity index is 1.70. The number of furan rings is 1. The minimum absolute atomic E-state index is 0.193. The number of aryl methyl sites for hydroxylation is 1. The quantitative estimate of drug-likeness (QED) is 0.424. The number of aromatic nitrogens is 3. The molecule has 1 aliphatic rings. The molecule has 132 valence electrons. The SMILES string of the molecule is Cc1c(-c2nc(Cl)nc(C3=CCCC=C3)n2)ccc2c1oc1ccccc12. The van der Waals surface area contributed by atoms with Crippen LogP contribution in [0.5, 0.6) is 0 Å². The number of para-hydroxylation sites is 1. The lowest BCUT2D eigenvalue weighted by Crippen LogP contribution is -2.01. The van der Waals surface area contributed by atoms with Crippen LogP contribution in [0.4, 0.5) is 0 Å². The van der Waals surface area contributed by atoms with Gasteiger partial charge in [-0.1, -0.05) is 42.5 Å². The van der Waals surface area contributed by atoms with Gasteiger partial charge in [-0.3, -0.25) is 0 Å². The Morgan fingerprint density at radius 3 is 2.63 bits per heavy atom. The molecular formula is C22H16ClN3O. The van der Waals surface area contributed by atoms with E-state index in [9.17, 15) is 0 Å². The predicted octanol–water partition coefficient (Wildman–Crippen LogP) is 6.13. The van der Waals surface area contributed by atoms with Crippen LogP contribution in [0, 0.1) is 6.92 Å². The first-order chi connectivity index (χ1) is 13.2. The maximum absolute atomic E-state index is 6.22. The van der Waals surface area contributed by atoms with Gasteiger partial charge in [-0.2, -0.15) is 9.97 Å². The number of rotatable bonds is 2. The highest BCUT2D eigenvalue weighted by Crippen LogP contribution is 2.35. The number of hydrogen-bond donors (Lipinski definition) is 0. The molecule has 27 heavy (non-hydrogen) atoms. The second-order valence-corrected chi connectivity index (χ2v) is 6.94. The van der Waals surface area contributed by atoms with Gasteiger partial charge in [-0.15, -0.1) is 0 Å². The molecule has 4 aromatic rings. The second kappa shape index (κ2) is 6.32. The molecule has 0 saturated heterocycles. The van der Waals surface area contributed by atoms with Crippen molar-refractivity contribution in [3.8, 4) is 11.4 Å². The van der Waals surface area contributed by atoms with Crippen LogP contribution >= 0.6 is 11.6 Å². The zero-order valence-corrected chi connectivity index (χ0v) is 15.5. The van der Waals surface area contributed by atoms with Crippen LogP contribution in [0.25, 0.3) is 38.9 Å². The largest absolute Gasteiger partial charge is 0.456 e. The fourth-order valence-corrected chi connectivity index (χ4v) is 3.70. The highest BCUT2D eigenvalue weighted by Gasteiger charge is 2.16. The van der Waals surface area contributed by atoms with Gasteiger partial charge < -0.3 is 4.42 Å². The van der Waals surface area contributed by atoms with Gasteiger partial charge in [0, 0.05) is 27.5 Å². The summed E-state index contributed by atoms with van der Waals surface area (Å²) in [6, 6.07) is 12.1. The molecule has 0 unspecified atom stereocenters. The fourth-order valence-electron chi connectivity index (χ4n) is 3.54. The van der Waals surface area contributed by atoms with Crippen LogP contribution in [0.15, 0.2) is 59.0 Å². The lowest BCUT2D eigenvalue weighted by atomic mass is 10.0. The van der Waals surface area contributed by atoms with Crippen molar-refractivity contribution in [2.75, 3.05) is 0 Å². The van der Waals surface area contributed by atoms with Gasteiger partial charge in [-0.05, 0) is 43.5 Å². The number of fused-ring (bicyclic) bond motifs is 3. The summed E-state index contributed by atoms with van der Waals surface area (Å²) in [6.45, 7) is 2.02. The predicted molar refractivity (Wildman–Crippen MR) is 109 cm³/mol. The molecule has 1 aliphatic carbocycles. The first-order valence-electron chi connectivity index (χ1n) is 8.90. The molecule has 0 bridgehead atoms. The molecule has 0 radical (unpaired) electrons. The van der Waals surface area contributed by atoms with Gasteiger partial charge in [0.05, 0.1) is 0 Å². The van der Waals surface area contributed by atoms with E-state index in [0.717, 1.165) is 51.5 Å². The highest BCUT2D eigenvalue weighted by molar-refractivity contribution is 6.28. The summed E-state index contributed by atoms with van der Waals surface area (Å²) in [4.78, 5) is 13.4. The zero-order valence-electron chi connectivity index (χ0n) is 14.7. The third kappa shape index (κ3) is 2.73. The number of allylic oxidation sites excluding steroid dienone is 4.